The van der Waals surface area contributed by atoms with Crippen LogP contribution in [0.25, 0.3) is 0 Å². The monoisotopic (exact) mass is 252 g/mol. The van der Waals surface area contributed by atoms with Crippen molar-refractivity contribution in [3.8, 4) is 0 Å². The highest BCUT2D eigenvalue weighted by Gasteiger charge is 2.27. The Morgan fingerprint density at radius 3 is 2.82 bits per heavy atom. The van der Waals surface area contributed by atoms with Gasteiger partial charge in [-0.1, -0.05) is 0 Å². The molecule has 4 nitrogen and oxygen atoms in total. The van der Waals surface area contributed by atoms with Crippen LogP contribution in [0, 0.1) is 6.92 Å². The average molecular weight is 252 g/mol. The minimum absolute atomic E-state index is 0.0312. The second kappa shape index (κ2) is 4.87. The predicted molar refractivity (Wildman–Crippen MR) is 67.2 cm³/mol. The molecule has 1 aromatic heterocycles. The molecule has 5 heteroatoms. The molecule has 0 saturated carbocycles. The SMILES string of the molecule is CC(=O)NC1CCN(C(=O)c2ccc(C)s2)C1. The number of nitrogens with one attached hydrogen (secondary N) is 1. The van der Waals surface area contributed by atoms with Gasteiger partial charge in [0, 0.05) is 30.9 Å². The molecule has 0 radical (unpaired) electrons. The number of carbonyl (C=O) groups excluding carboxylic acids is 2. The van der Waals surface area contributed by atoms with E-state index in [4.69, 9.17) is 0 Å². The lowest BCUT2D eigenvalue weighted by Crippen LogP contribution is -2.37. The topological polar surface area (TPSA) is 49.4 Å². The fourth-order valence-electron chi connectivity index (χ4n) is 2.06. The molecule has 0 spiro atoms. The first-order valence-corrected chi connectivity index (χ1v) is 6.50. The van der Waals surface area contributed by atoms with E-state index in [-0.39, 0.29) is 17.9 Å². The van der Waals surface area contributed by atoms with E-state index >= 15 is 0 Å². The van der Waals surface area contributed by atoms with Gasteiger partial charge in [-0.25, -0.2) is 0 Å². The van der Waals surface area contributed by atoms with Crippen molar-refractivity contribution in [2.24, 2.45) is 0 Å². The molecule has 1 saturated heterocycles. The van der Waals surface area contributed by atoms with Crippen LogP contribution in [0.3, 0.4) is 0 Å². The molecule has 1 aliphatic rings. The first-order chi connectivity index (χ1) is 8.06. The van der Waals surface area contributed by atoms with Crippen molar-refractivity contribution in [1.29, 1.82) is 0 Å². The summed E-state index contributed by atoms with van der Waals surface area (Å²) in [6.45, 7) is 4.84. The van der Waals surface area contributed by atoms with Crippen molar-refractivity contribution >= 4 is 23.2 Å². The van der Waals surface area contributed by atoms with Crippen molar-refractivity contribution in [3.05, 3.63) is 21.9 Å². The van der Waals surface area contributed by atoms with Gasteiger partial charge < -0.3 is 10.2 Å². The third-order valence-corrected chi connectivity index (χ3v) is 3.82. The maximum absolute atomic E-state index is 12.1. The van der Waals surface area contributed by atoms with Gasteiger partial charge in [0.25, 0.3) is 5.91 Å². The van der Waals surface area contributed by atoms with Crippen molar-refractivity contribution in [3.63, 3.8) is 0 Å². The fraction of sp³-hybridized carbons (Fsp3) is 0.500. The number of aryl methyl sites for hydroxylation is 1. The van der Waals surface area contributed by atoms with Gasteiger partial charge in [0.05, 0.1) is 4.88 Å². The number of likely N-dealkylation sites (tertiary alicyclic amines) is 1. The zero-order valence-electron chi connectivity index (χ0n) is 10.0. The second-order valence-corrected chi connectivity index (χ2v) is 5.64. The van der Waals surface area contributed by atoms with Crippen LogP contribution in [0.5, 0.6) is 0 Å². The Morgan fingerprint density at radius 2 is 2.24 bits per heavy atom. The van der Waals surface area contributed by atoms with Crippen molar-refractivity contribution < 1.29 is 9.59 Å². The van der Waals surface area contributed by atoms with Gasteiger partial charge in [0.2, 0.25) is 5.91 Å². The summed E-state index contributed by atoms with van der Waals surface area (Å²) in [6, 6.07) is 3.94. The van der Waals surface area contributed by atoms with Gasteiger partial charge in [0.15, 0.2) is 0 Å². The summed E-state index contributed by atoms with van der Waals surface area (Å²) in [6.07, 6.45) is 0.843. The standard InChI is InChI=1S/C12H16N2O2S/c1-8-3-4-11(17-8)12(16)14-6-5-10(7-14)13-9(2)15/h3-4,10H,5-7H2,1-2H3,(H,13,15). The Bertz CT molecular complexity index is 441. The summed E-state index contributed by atoms with van der Waals surface area (Å²) in [5, 5.41) is 2.85. The number of amides is 2. The molecule has 2 heterocycles. The van der Waals surface area contributed by atoms with Crippen LogP contribution in [0.4, 0.5) is 0 Å². The highest BCUT2D eigenvalue weighted by atomic mass is 32.1. The van der Waals surface area contributed by atoms with Gasteiger partial charge >= 0.3 is 0 Å². The Labute approximate surface area is 105 Å². The van der Waals surface area contributed by atoms with Crippen LogP contribution in [0.2, 0.25) is 0 Å². The molecule has 17 heavy (non-hydrogen) atoms. The minimum atomic E-state index is -0.0312. The first kappa shape index (κ1) is 12.1. The highest BCUT2D eigenvalue weighted by Crippen LogP contribution is 2.20. The van der Waals surface area contributed by atoms with Crippen molar-refractivity contribution in [2.45, 2.75) is 26.3 Å². The summed E-state index contributed by atoms with van der Waals surface area (Å²) in [7, 11) is 0. The average Bonchev–Trinajstić information content (AvgIpc) is 2.85. The lowest BCUT2D eigenvalue weighted by molar-refractivity contribution is -0.119. The lowest BCUT2D eigenvalue weighted by Gasteiger charge is -2.15. The largest absolute Gasteiger partial charge is 0.352 e. The number of nitrogens with zero attached hydrogens (tertiary/aromatic N) is 1. The van der Waals surface area contributed by atoms with Crippen molar-refractivity contribution in [1.82, 2.24) is 10.2 Å². The summed E-state index contributed by atoms with van der Waals surface area (Å²) in [4.78, 5) is 26.8. The zero-order valence-corrected chi connectivity index (χ0v) is 10.8. The van der Waals surface area contributed by atoms with Crippen LogP contribution >= 0.6 is 11.3 Å². The minimum Gasteiger partial charge on any atom is -0.352 e. The van der Waals surface area contributed by atoms with E-state index in [2.05, 4.69) is 5.32 Å². The molecular weight excluding hydrogens is 236 g/mol. The number of hydrogen-bond acceptors (Lipinski definition) is 3. The van der Waals surface area contributed by atoms with Crippen LogP contribution in [-0.2, 0) is 4.79 Å². The normalized spacial score (nSPS) is 19.4. The quantitative estimate of drug-likeness (QED) is 0.865. The molecule has 0 aliphatic carbocycles. The van der Waals surface area contributed by atoms with Gasteiger partial charge in [0.1, 0.15) is 0 Å². The number of hydrogen-bond donors (Lipinski definition) is 1. The number of thiophene rings is 1. The Morgan fingerprint density at radius 1 is 1.47 bits per heavy atom. The van der Waals surface area contributed by atoms with E-state index in [1.807, 2.05) is 24.0 Å². The van der Waals surface area contributed by atoms with E-state index < -0.39 is 0 Å². The molecule has 1 N–H and O–H groups in total. The van der Waals surface area contributed by atoms with Crippen molar-refractivity contribution in [2.75, 3.05) is 13.1 Å². The number of carbonyl (C=O) groups is 2. The van der Waals surface area contributed by atoms with E-state index in [9.17, 15) is 9.59 Å². The fourth-order valence-corrected chi connectivity index (χ4v) is 2.89. The molecule has 1 unspecified atom stereocenters. The van der Waals surface area contributed by atoms with Gasteiger partial charge in [-0.05, 0) is 25.5 Å². The smallest absolute Gasteiger partial charge is 0.263 e. The third kappa shape index (κ3) is 2.85. The van der Waals surface area contributed by atoms with E-state index in [0.717, 1.165) is 22.7 Å². The van der Waals surface area contributed by atoms with Crippen LogP contribution in [-0.4, -0.2) is 35.8 Å². The third-order valence-electron chi connectivity index (χ3n) is 2.83. The maximum atomic E-state index is 12.1. The summed E-state index contributed by atoms with van der Waals surface area (Å²) < 4.78 is 0. The van der Waals surface area contributed by atoms with Crippen LogP contribution < -0.4 is 5.32 Å². The predicted octanol–water partition coefficient (Wildman–Crippen LogP) is 1.41. The Hall–Kier alpha value is -1.36. The molecule has 1 aromatic rings. The molecule has 2 rings (SSSR count). The maximum Gasteiger partial charge on any atom is 0.263 e. The first-order valence-electron chi connectivity index (χ1n) is 5.69. The molecular formula is C12H16N2O2S. The van der Waals surface area contributed by atoms with E-state index in [1.54, 1.807) is 0 Å². The second-order valence-electron chi connectivity index (χ2n) is 4.35. The molecule has 92 valence electrons. The molecule has 1 atom stereocenters. The van der Waals surface area contributed by atoms with Crippen LogP contribution in [0.15, 0.2) is 12.1 Å². The van der Waals surface area contributed by atoms with E-state index in [1.165, 1.54) is 18.3 Å². The molecule has 0 bridgehead atoms. The summed E-state index contributed by atoms with van der Waals surface area (Å²) in [5.41, 5.74) is 0. The Balaban J connectivity index is 1.96. The van der Waals surface area contributed by atoms with Gasteiger partial charge in [-0.2, -0.15) is 0 Å². The lowest BCUT2D eigenvalue weighted by atomic mass is 10.2. The molecule has 1 fully saturated rings. The molecule has 1 aliphatic heterocycles. The van der Waals surface area contributed by atoms with Gasteiger partial charge in [-0.3, -0.25) is 9.59 Å². The Kier molecular flexibility index (Phi) is 3.47. The summed E-state index contributed by atoms with van der Waals surface area (Å²) >= 11 is 1.52. The van der Waals surface area contributed by atoms with E-state index in [0.29, 0.717) is 6.54 Å². The molecule has 2 amide bonds. The van der Waals surface area contributed by atoms with Crippen LogP contribution in [0.1, 0.15) is 27.9 Å². The summed E-state index contributed by atoms with van der Waals surface area (Å²) in [5.74, 6) is 0.0484. The highest BCUT2D eigenvalue weighted by molar-refractivity contribution is 7.13. The molecule has 0 aromatic carbocycles. The number of rotatable bonds is 2. The van der Waals surface area contributed by atoms with Gasteiger partial charge in [-0.15, -0.1) is 11.3 Å². The zero-order chi connectivity index (χ0) is 12.4.